The molecule has 7 nitrogen and oxygen atoms in total. The zero-order valence-corrected chi connectivity index (χ0v) is 15.1. The van der Waals surface area contributed by atoms with Crippen molar-refractivity contribution in [3.63, 3.8) is 0 Å². The summed E-state index contributed by atoms with van der Waals surface area (Å²) >= 11 is 1.30. The summed E-state index contributed by atoms with van der Waals surface area (Å²) < 4.78 is 6.15. The number of thiazole rings is 1. The first-order valence-electron chi connectivity index (χ1n) is 7.78. The molecule has 1 aromatic carbocycles. The molecule has 134 valence electrons. The molecule has 2 heterocycles. The Morgan fingerprint density at radius 3 is 2.69 bits per heavy atom. The SMILES string of the molecule is COc1ccc(COn2cccc(C(=O)Nc3nc(C)cs3)c2=O)cc1. The molecule has 0 aliphatic rings. The normalized spacial score (nSPS) is 10.4. The third-order valence-electron chi connectivity index (χ3n) is 3.53. The number of hydrogen-bond acceptors (Lipinski definition) is 6. The van der Waals surface area contributed by atoms with E-state index in [4.69, 9.17) is 9.57 Å². The summed E-state index contributed by atoms with van der Waals surface area (Å²) in [4.78, 5) is 34.4. The van der Waals surface area contributed by atoms with E-state index in [-0.39, 0.29) is 12.2 Å². The van der Waals surface area contributed by atoms with Crippen LogP contribution in [-0.4, -0.2) is 22.7 Å². The molecule has 0 atom stereocenters. The van der Waals surface area contributed by atoms with Crippen LogP contribution in [0.4, 0.5) is 5.13 Å². The quantitative estimate of drug-likeness (QED) is 0.720. The molecule has 8 heteroatoms. The minimum Gasteiger partial charge on any atom is -0.497 e. The van der Waals surface area contributed by atoms with E-state index in [2.05, 4.69) is 10.3 Å². The number of anilines is 1. The molecule has 0 spiro atoms. The van der Waals surface area contributed by atoms with Crippen molar-refractivity contribution < 1.29 is 14.4 Å². The number of ether oxygens (including phenoxy) is 1. The molecule has 3 rings (SSSR count). The number of rotatable bonds is 6. The minimum absolute atomic E-state index is 0.0184. The monoisotopic (exact) mass is 371 g/mol. The maximum absolute atomic E-state index is 12.5. The van der Waals surface area contributed by atoms with Crippen LogP contribution in [0.1, 0.15) is 21.6 Å². The predicted octanol–water partition coefficient (Wildman–Crippen LogP) is 2.50. The number of carbonyl (C=O) groups is 1. The minimum atomic E-state index is -0.535. The summed E-state index contributed by atoms with van der Waals surface area (Å²) in [5, 5.41) is 4.88. The van der Waals surface area contributed by atoms with Gasteiger partial charge < -0.3 is 9.57 Å². The maximum atomic E-state index is 12.5. The first-order valence-corrected chi connectivity index (χ1v) is 8.66. The van der Waals surface area contributed by atoms with E-state index in [1.54, 1.807) is 25.3 Å². The first-order chi connectivity index (χ1) is 12.6. The maximum Gasteiger partial charge on any atom is 0.295 e. The van der Waals surface area contributed by atoms with E-state index in [0.717, 1.165) is 21.7 Å². The van der Waals surface area contributed by atoms with Crippen molar-refractivity contribution in [1.82, 2.24) is 9.71 Å². The third-order valence-corrected chi connectivity index (χ3v) is 4.40. The van der Waals surface area contributed by atoms with E-state index in [1.807, 2.05) is 24.4 Å². The lowest BCUT2D eigenvalue weighted by atomic mass is 10.2. The summed E-state index contributed by atoms with van der Waals surface area (Å²) in [5.74, 6) is 0.216. The highest BCUT2D eigenvalue weighted by molar-refractivity contribution is 7.13. The van der Waals surface area contributed by atoms with Crippen molar-refractivity contribution in [1.29, 1.82) is 0 Å². The molecule has 0 saturated heterocycles. The second-order valence-corrected chi connectivity index (χ2v) is 6.28. The average Bonchev–Trinajstić information content (AvgIpc) is 3.06. The molecule has 1 amide bonds. The Morgan fingerprint density at radius 2 is 2.04 bits per heavy atom. The zero-order valence-electron chi connectivity index (χ0n) is 14.3. The number of amides is 1. The van der Waals surface area contributed by atoms with E-state index in [9.17, 15) is 9.59 Å². The number of nitrogens with zero attached hydrogens (tertiary/aromatic N) is 2. The summed E-state index contributed by atoms with van der Waals surface area (Å²) in [6.07, 6.45) is 1.47. The summed E-state index contributed by atoms with van der Waals surface area (Å²) in [6.45, 7) is 2.01. The van der Waals surface area contributed by atoms with E-state index >= 15 is 0 Å². The van der Waals surface area contributed by atoms with Gasteiger partial charge in [-0.25, -0.2) is 4.98 Å². The Hall–Kier alpha value is -3.13. The molecule has 0 radical (unpaired) electrons. The fraction of sp³-hybridized carbons (Fsp3) is 0.167. The van der Waals surface area contributed by atoms with Crippen LogP contribution in [-0.2, 0) is 6.61 Å². The number of methoxy groups -OCH3 is 1. The van der Waals surface area contributed by atoms with Gasteiger partial charge in [0.15, 0.2) is 5.13 Å². The van der Waals surface area contributed by atoms with Gasteiger partial charge in [0.1, 0.15) is 17.9 Å². The Morgan fingerprint density at radius 1 is 1.27 bits per heavy atom. The van der Waals surface area contributed by atoms with Gasteiger partial charge in [0.2, 0.25) is 0 Å². The van der Waals surface area contributed by atoms with Gasteiger partial charge in [-0.1, -0.05) is 12.1 Å². The number of hydrogen-bond donors (Lipinski definition) is 1. The van der Waals surface area contributed by atoms with Gasteiger partial charge in [-0.05, 0) is 36.8 Å². The first kappa shape index (κ1) is 17.7. The third kappa shape index (κ3) is 4.09. The second-order valence-electron chi connectivity index (χ2n) is 5.42. The standard InChI is InChI=1S/C18H17N3O4S/c1-12-11-26-18(19-12)20-16(22)15-4-3-9-21(17(15)23)25-10-13-5-7-14(24-2)8-6-13/h3-9,11H,10H2,1-2H3,(H,19,20,22). The number of pyridine rings is 1. The molecule has 3 aromatic rings. The van der Waals surface area contributed by atoms with Crippen LogP contribution < -0.4 is 20.5 Å². The van der Waals surface area contributed by atoms with Crippen LogP contribution in [0.25, 0.3) is 0 Å². The lowest BCUT2D eigenvalue weighted by Crippen LogP contribution is -2.32. The van der Waals surface area contributed by atoms with E-state index < -0.39 is 11.5 Å². The summed E-state index contributed by atoms with van der Waals surface area (Å²) in [6, 6.07) is 10.3. The van der Waals surface area contributed by atoms with Crippen LogP contribution in [0.5, 0.6) is 5.75 Å². The topological polar surface area (TPSA) is 82.4 Å². The van der Waals surface area contributed by atoms with Gasteiger partial charge in [0.05, 0.1) is 12.8 Å². The van der Waals surface area contributed by atoms with Crippen LogP contribution in [0, 0.1) is 6.92 Å². The van der Waals surface area contributed by atoms with Crippen molar-refractivity contribution in [3.05, 3.63) is 75.1 Å². The van der Waals surface area contributed by atoms with E-state index in [1.165, 1.54) is 23.6 Å². The van der Waals surface area contributed by atoms with Crippen molar-refractivity contribution in [2.24, 2.45) is 0 Å². The molecule has 0 bridgehead atoms. The Bertz CT molecular complexity index is 963. The zero-order chi connectivity index (χ0) is 18.5. The molecule has 0 fully saturated rings. The van der Waals surface area contributed by atoms with Crippen molar-refractivity contribution in [2.45, 2.75) is 13.5 Å². The smallest absolute Gasteiger partial charge is 0.295 e. The highest BCUT2D eigenvalue weighted by Gasteiger charge is 2.14. The summed E-state index contributed by atoms with van der Waals surface area (Å²) in [5.41, 5.74) is 1.12. The van der Waals surface area contributed by atoms with Crippen molar-refractivity contribution in [2.75, 3.05) is 12.4 Å². The van der Waals surface area contributed by atoms with Crippen LogP contribution >= 0.6 is 11.3 Å². The van der Waals surface area contributed by atoms with Gasteiger partial charge in [-0.15, -0.1) is 11.3 Å². The number of carbonyl (C=O) groups excluding carboxylic acids is 1. The molecule has 0 aliphatic carbocycles. The molecule has 0 saturated carbocycles. The molecule has 26 heavy (non-hydrogen) atoms. The molecule has 0 aliphatic heterocycles. The lowest BCUT2D eigenvalue weighted by molar-refractivity contribution is 0.0863. The fourth-order valence-corrected chi connectivity index (χ4v) is 2.87. The Kier molecular flexibility index (Phi) is 5.33. The molecule has 2 aromatic heterocycles. The van der Waals surface area contributed by atoms with Gasteiger partial charge in [-0.3, -0.25) is 14.9 Å². The molecular weight excluding hydrogens is 354 g/mol. The van der Waals surface area contributed by atoms with Crippen molar-refractivity contribution in [3.8, 4) is 5.75 Å². The molecule has 0 unspecified atom stereocenters. The lowest BCUT2D eigenvalue weighted by Gasteiger charge is -2.10. The Labute approximate surface area is 153 Å². The molecular formula is C18H17N3O4S. The van der Waals surface area contributed by atoms with Crippen LogP contribution in [0.15, 0.2) is 52.8 Å². The molecule has 1 N–H and O–H groups in total. The predicted molar refractivity (Wildman–Crippen MR) is 98.8 cm³/mol. The van der Waals surface area contributed by atoms with Crippen LogP contribution in [0.3, 0.4) is 0 Å². The average molecular weight is 371 g/mol. The highest BCUT2D eigenvalue weighted by Crippen LogP contribution is 2.15. The van der Waals surface area contributed by atoms with Gasteiger partial charge in [0.25, 0.3) is 11.5 Å². The number of benzene rings is 1. The van der Waals surface area contributed by atoms with Crippen LogP contribution in [0.2, 0.25) is 0 Å². The van der Waals surface area contributed by atoms with Gasteiger partial charge in [-0.2, -0.15) is 4.73 Å². The van der Waals surface area contributed by atoms with Gasteiger partial charge >= 0.3 is 0 Å². The second kappa shape index (κ2) is 7.83. The van der Waals surface area contributed by atoms with Gasteiger partial charge in [0, 0.05) is 11.6 Å². The number of aryl methyl sites for hydroxylation is 1. The summed E-state index contributed by atoms with van der Waals surface area (Å²) in [7, 11) is 1.59. The number of aromatic nitrogens is 2. The van der Waals surface area contributed by atoms with E-state index in [0.29, 0.717) is 5.13 Å². The highest BCUT2D eigenvalue weighted by atomic mass is 32.1. The fourth-order valence-electron chi connectivity index (χ4n) is 2.19. The number of nitrogens with one attached hydrogen (secondary N) is 1. The Balaban J connectivity index is 1.71. The largest absolute Gasteiger partial charge is 0.497 e. The van der Waals surface area contributed by atoms with Crippen molar-refractivity contribution >= 4 is 22.4 Å².